The fraction of sp³-hybridized carbons (Fsp3) is 0.235. The van der Waals surface area contributed by atoms with E-state index in [-0.39, 0.29) is 39.3 Å². The Balaban J connectivity index is 1.27. The lowest BCUT2D eigenvalue weighted by Gasteiger charge is -2.20. The summed E-state index contributed by atoms with van der Waals surface area (Å²) in [6, 6.07) is 24.6. The number of anilines is 1. The Labute approximate surface area is 267 Å². The predicted octanol–water partition coefficient (Wildman–Crippen LogP) is 5.71. The molecule has 2 heterocycles. The zero-order valence-electron chi connectivity index (χ0n) is 25.0. The fourth-order valence-corrected chi connectivity index (χ4v) is 8.07. The predicted molar refractivity (Wildman–Crippen MR) is 175 cm³/mol. The van der Waals surface area contributed by atoms with Crippen molar-refractivity contribution in [2.75, 3.05) is 11.3 Å². The van der Waals surface area contributed by atoms with Crippen molar-refractivity contribution < 1.29 is 26.4 Å². The minimum Gasteiger partial charge on any atom is -0.507 e. The molecule has 2 atom stereocenters. The van der Waals surface area contributed by atoms with Gasteiger partial charge in [0.1, 0.15) is 16.4 Å². The highest BCUT2D eigenvalue weighted by Crippen LogP contribution is 2.48. The number of pyridine rings is 1. The third-order valence-corrected chi connectivity index (χ3v) is 11.1. The maximum atomic E-state index is 13.5. The molecule has 0 amide bonds. The third-order valence-electron chi connectivity index (χ3n) is 8.24. The topological polar surface area (TPSA) is 156 Å². The van der Waals surface area contributed by atoms with Crippen molar-refractivity contribution in [3.05, 3.63) is 124 Å². The van der Waals surface area contributed by atoms with Gasteiger partial charge in [-0.1, -0.05) is 55.5 Å². The summed E-state index contributed by atoms with van der Waals surface area (Å²) in [5.41, 5.74) is 0.670. The molecule has 1 aliphatic rings. The van der Waals surface area contributed by atoms with Gasteiger partial charge in [0, 0.05) is 41.7 Å². The number of para-hydroxylation sites is 1. The monoisotopic (exact) mass is 659 g/mol. The van der Waals surface area contributed by atoms with Gasteiger partial charge in [-0.25, -0.2) is 26.4 Å². The molecule has 5 aromatic rings. The average Bonchev–Trinajstić information content (AvgIpc) is 3.88. The van der Waals surface area contributed by atoms with E-state index in [0.717, 1.165) is 12.8 Å². The second kappa shape index (κ2) is 12.7. The van der Waals surface area contributed by atoms with Gasteiger partial charge in [-0.2, -0.15) is 0 Å². The van der Waals surface area contributed by atoms with Crippen LogP contribution < -0.4 is 15.1 Å². The molecule has 46 heavy (non-hydrogen) atoms. The first-order valence-electron chi connectivity index (χ1n) is 15.0. The molecule has 0 aliphatic heterocycles. The smallest absolute Gasteiger partial charge is 0.343 e. The molecule has 12 heteroatoms. The Morgan fingerprint density at radius 3 is 2.37 bits per heavy atom. The largest absolute Gasteiger partial charge is 0.507 e. The molecule has 1 fully saturated rings. The van der Waals surface area contributed by atoms with Crippen molar-refractivity contribution in [2.24, 2.45) is 5.92 Å². The van der Waals surface area contributed by atoms with Crippen LogP contribution in [0.1, 0.15) is 54.9 Å². The minimum atomic E-state index is -4.01. The average molecular weight is 660 g/mol. The van der Waals surface area contributed by atoms with Gasteiger partial charge in [-0.15, -0.1) is 0 Å². The van der Waals surface area contributed by atoms with Gasteiger partial charge in [-0.3, -0.25) is 9.71 Å². The molecule has 2 aromatic heterocycles. The van der Waals surface area contributed by atoms with Crippen LogP contribution in [0.5, 0.6) is 5.75 Å². The lowest BCUT2D eigenvalue weighted by atomic mass is 9.87. The van der Waals surface area contributed by atoms with Crippen molar-refractivity contribution in [3.63, 3.8) is 0 Å². The molecule has 0 saturated heterocycles. The van der Waals surface area contributed by atoms with Crippen molar-refractivity contribution in [3.8, 4) is 5.75 Å². The summed E-state index contributed by atoms with van der Waals surface area (Å²) in [6.45, 7) is 1.80. The van der Waals surface area contributed by atoms with E-state index in [2.05, 4.69) is 14.4 Å². The number of aromatic nitrogens is 1. The zero-order valence-corrected chi connectivity index (χ0v) is 26.6. The first-order valence-corrected chi connectivity index (χ1v) is 17.9. The van der Waals surface area contributed by atoms with Crippen LogP contribution in [0.3, 0.4) is 0 Å². The number of hydrogen-bond donors (Lipinski definition) is 3. The van der Waals surface area contributed by atoms with E-state index in [1.807, 2.05) is 6.92 Å². The number of nitrogens with zero attached hydrogens (tertiary/aromatic N) is 1. The summed E-state index contributed by atoms with van der Waals surface area (Å²) in [5.74, 6) is -1.07. The van der Waals surface area contributed by atoms with Gasteiger partial charge in [0.05, 0.1) is 16.0 Å². The first-order chi connectivity index (χ1) is 22.1. The maximum Gasteiger partial charge on any atom is 0.343 e. The number of rotatable bonds is 12. The second-order valence-electron chi connectivity index (χ2n) is 11.4. The van der Waals surface area contributed by atoms with Crippen molar-refractivity contribution in [1.82, 2.24) is 9.71 Å². The van der Waals surface area contributed by atoms with Gasteiger partial charge in [0.25, 0.3) is 10.0 Å². The number of nitrogens with one attached hydrogen (secondary N) is 2. The van der Waals surface area contributed by atoms with Crippen LogP contribution in [0.25, 0.3) is 10.9 Å². The Bertz CT molecular complexity index is 2160. The molecule has 1 saturated carbocycles. The molecule has 0 spiro atoms. The molecule has 0 bridgehead atoms. The van der Waals surface area contributed by atoms with E-state index in [9.17, 15) is 26.7 Å². The Hall–Kier alpha value is -4.52. The van der Waals surface area contributed by atoms with E-state index in [1.54, 1.807) is 66.7 Å². The van der Waals surface area contributed by atoms with Crippen molar-refractivity contribution in [2.45, 2.75) is 47.8 Å². The summed E-state index contributed by atoms with van der Waals surface area (Å²) in [4.78, 5) is 17.9. The van der Waals surface area contributed by atoms with Crippen LogP contribution in [0, 0.1) is 5.92 Å². The van der Waals surface area contributed by atoms with Crippen LogP contribution in [-0.4, -0.2) is 33.5 Å². The number of benzene rings is 3. The van der Waals surface area contributed by atoms with Crippen molar-refractivity contribution in [1.29, 1.82) is 0 Å². The highest BCUT2D eigenvalue weighted by Gasteiger charge is 2.38. The standard InChI is InChI=1S/C34H33N3O7S2/c1-2-22(21-36-45(40,41)27-13-4-3-5-14-27)29-20-28(38)32(34(39)44-29)31(23-16-17-23)25-10-6-12-26(19-25)37-46(42,43)30-15-7-9-24-11-8-18-35-33(24)30/h3-15,18-20,22-23,31,36-38H,2,16-17,21H2,1H3. The molecule has 10 nitrogen and oxygen atoms in total. The highest BCUT2D eigenvalue weighted by atomic mass is 32.2. The lowest BCUT2D eigenvalue weighted by molar-refractivity contribution is 0.379. The molecule has 3 N–H and O–H groups in total. The summed E-state index contributed by atoms with van der Waals surface area (Å²) in [6.07, 6.45) is 3.63. The number of sulfonamides is 2. The lowest BCUT2D eigenvalue weighted by Crippen LogP contribution is -2.29. The summed E-state index contributed by atoms with van der Waals surface area (Å²) in [5, 5.41) is 11.9. The van der Waals surface area contributed by atoms with E-state index >= 15 is 0 Å². The van der Waals surface area contributed by atoms with E-state index < -0.39 is 37.5 Å². The SMILES string of the molecule is CCC(CNS(=O)(=O)c1ccccc1)c1cc(O)c(C(c2cccc(NS(=O)(=O)c3cccc4cccnc34)c2)C2CC2)c(=O)o1. The van der Waals surface area contributed by atoms with Crippen LogP contribution in [0.4, 0.5) is 5.69 Å². The molecule has 2 unspecified atom stereocenters. The van der Waals surface area contributed by atoms with Crippen LogP contribution in [-0.2, 0) is 20.0 Å². The van der Waals surface area contributed by atoms with E-state index in [1.165, 1.54) is 30.5 Å². The normalized spacial score (nSPS) is 15.0. The minimum absolute atomic E-state index is 0.0318. The second-order valence-corrected chi connectivity index (χ2v) is 14.8. The number of fused-ring (bicyclic) bond motifs is 1. The van der Waals surface area contributed by atoms with Crippen molar-refractivity contribution >= 4 is 36.6 Å². The molecular weight excluding hydrogens is 627 g/mol. The van der Waals surface area contributed by atoms with Gasteiger partial charge in [0.15, 0.2) is 0 Å². The van der Waals surface area contributed by atoms with E-state index in [0.29, 0.717) is 28.6 Å². The molecule has 238 valence electrons. The highest BCUT2D eigenvalue weighted by molar-refractivity contribution is 7.93. The Kier molecular flexibility index (Phi) is 8.69. The van der Waals surface area contributed by atoms with Gasteiger partial charge in [0.2, 0.25) is 10.0 Å². The van der Waals surface area contributed by atoms with Crippen LogP contribution in [0.2, 0.25) is 0 Å². The van der Waals surface area contributed by atoms with Gasteiger partial charge in [-0.05, 0) is 67.1 Å². The Morgan fingerprint density at radius 2 is 1.65 bits per heavy atom. The van der Waals surface area contributed by atoms with E-state index in [4.69, 9.17) is 4.42 Å². The Morgan fingerprint density at radius 1 is 0.913 bits per heavy atom. The summed E-state index contributed by atoms with van der Waals surface area (Å²) >= 11 is 0. The first kappa shape index (κ1) is 31.5. The summed E-state index contributed by atoms with van der Waals surface area (Å²) < 4.78 is 63.4. The molecular formula is C34H33N3O7S2. The number of aromatic hydroxyl groups is 1. The summed E-state index contributed by atoms with van der Waals surface area (Å²) in [7, 11) is -7.80. The fourth-order valence-electron chi connectivity index (χ4n) is 5.74. The maximum absolute atomic E-state index is 13.5. The van der Waals surface area contributed by atoms with Crippen LogP contribution >= 0.6 is 0 Å². The quantitative estimate of drug-likeness (QED) is 0.154. The molecule has 6 rings (SSSR count). The number of hydrogen-bond acceptors (Lipinski definition) is 8. The molecule has 0 radical (unpaired) electrons. The van der Waals surface area contributed by atoms with Crippen LogP contribution in [0.15, 0.2) is 116 Å². The van der Waals surface area contributed by atoms with Gasteiger partial charge >= 0.3 is 5.63 Å². The molecule has 3 aromatic carbocycles. The van der Waals surface area contributed by atoms with Gasteiger partial charge < -0.3 is 9.52 Å². The third kappa shape index (κ3) is 6.55. The zero-order chi connectivity index (χ0) is 32.5. The molecule has 1 aliphatic carbocycles.